The topological polar surface area (TPSA) is 110 Å². The van der Waals surface area contributed by atoms with Crippen molar-refractivity contribution in [2.45, 2.75) is 25.7 Å². The summed E-state index contributed by atoms with van der Waals surface area (Å²) < 4.78 is 26.6. The van der Waals surface area contributed by atoms with Gasteiger partial charge in [-0.3, -0.25) is 10.1 Å². The van der Waals surface area contributed by atoms with Gasteiger partial charge in [-0.05, 0) is 37.0 Å². The van der Waals surface area contributed by atoms with Crippen LogP contribution in [0.15, 0.2) is 17.0 Å². The maximum atomic E-state index is 12.1. The molecule has 1 rings (SSSR count). The summed E-state index contributed by atoms with van der Waals surface area (Å²) in [6.45, 7) is 4.88. The minimum absolute atomic E-state index is 0.0168. The molecule has 1 atom stereocenters. The number of aliphatic hydroxyl groups is 1. The first-order valence-electron chi connectivity index (χ1n) is 6.05. The molecule has 0 radical (unpaired) electrons. The summed E-state index contributed by atoms with van der Waals surface area (Å²) in [6.07, 6.45) is 0. The molecule has 0 spiro atoms. The van der Waals surface area contributed by atoms with Gasteiger partial charge in [0.1, 0.15) is 0 Å². The minimum Gasteiger partial charge on any atom is -0.396 e. The van der Waals surface area contributed by atoms with Gasteiger partial charge in [-0.25, -0.2) is 13.1 Å². The molecule has 0 aliphatic carbocycles. The Labute approximate surface area is 117 Å². The molecular weight excluding hydrogens is 284 g/mol. The first-order valence-corrected chi connectivity index (χ1v) is 7.53. The number of hydrogen-bond acceptors (Lipinski definition) is 5. The van der Waals surface area contributed by atoms with Crippen molar-refractivity contribution in [3.63, 3.8) is 0 Å². The Hall–Kier alpha value is -1.51. The van der Waals surface area contributed by atoms with Crippen LogP contribution in [0, 0.1) is 29.9 Å². The Bertz CT molecular complexity index is 613. The van der Waals surface area contributed by atoms with Crippen molar-refractivity contribution in [2.75, 3.05) is 13.2 Å². The summed E-state index contributed by atoms with van der Waals surface area (Å²) in [5.41, 5.74) is 0.864. The number of nitro groups is 1. The third-order valence-corrected chi connectivity index (χ3v) is 4.45. The number of aliphatic hydroxyl groups excluding tert-OH is 1. The molecule has 0 aromatic heterocycles. The van der Waals surface area contributed by atoms with Gasteiger partial charge in [0.2, 0.25) is 10.0 Å². The molecule has 0 heterocycles. The molecule has 0 amide bonds. The molecule has 7 nitrogen and oxygen atoms in total. The van der Waals surface area contributed by atoms with Crippen LogP contribution in [0.1, 0.15) is 18.1 Å². The lowest BCUT2D eigenvalue weighted by Crippen LogP contribution is -2.30. The van der Waals surface area contributed by atoms with Crippen LogP contribution >= 0.6 is 0 Å². The normalized spacial score (nSPS) is 13.2. The second kappa shape index (κ2) is 6.29. The van der Waals surface area contributed by atoms with E-state index in [0.29, 0.717) is 11.1 Å². The molecule has 0 saturated carbocycles. The van der Waals surface area contributed by atoms with E-state index in [0.717, 1.165) is 0 Å². The van der Waals surface area contributed by atoms with Crippen molar-refractivity contribution < 1.29 is 18.4 Å². The van der Waals surface area contributed by atoms with Crippen molar-refractivity contribution in [3.05, 3.63) is 33.4 Å². The Kier molecular flexibility index (Phi) is 5.21. The molecule has 0 saturated heterocycles. The Morgan fingerprint density at radius 3 is 2.40 bits per heavy atom. The van der Waals surface area contributed by atoms with Crippen molar-refractivity contribution >= 4 is 15.7 Å². The highest BCUT2D eigenvalue weighted by Crippen LogP contribution is 2.27. The van der Waals surface area contributed by atoms with Crippen LogP contribution < -0.4 is 4.72 Å². The predicted octanol–water partition coefficient (Wildman–Crippen LogP) is 1.12. The molecule has 1 aromatic carbocycles. The molecule has 8 heteroatoms. The van der Waals surface area contributed by atoms with E-state index in [-0.39, 0.29) is 24.0 Å². The maximum absolute atomic E-state index is 12.1. The number of sulfonamides is 1. The summed E-state index contributed by atoms with van der Waals surface area (Å²) in [4.78, 5) is 9.94. The Morgan fingerprint density at radius 1 is 1.35 bits per heavy atom. The smallest absolute Gasteiger partial charge is 0.289 e. The van der Waals surface area contributed by atoms with Gasteiger partial charge in [-0.1, -0.05) is 6.92 Å². The Balaban J connectivity index is 3.23. The van der Waals surface area contributed by atoms with Crippen LogP contribution in [0.3, 0.4) is 0 Å². The molecular formula is C12H18N2O5S. The molecule has 0 aliphatic rings. The van der Waals surface area contributed by atoms with Gasteiger partial charge in [-0.15, -0.1) is 0 Å². The predicted molar refractivity (Wildman–Crippen MR) is 74.0 cm³/mol. The van der Waals surface area contributed by atoms with E-state index < -0.39 is 20.6 Å². The summed E-state index contributed by atoms with van der Waals surface area (Å²) in [5.74, 6) is -0.268. The SMILES string of the molecule is Cc1cc([N+](=O)[O-])c(S(=O)(=O)NCC(C)CO)cc1C. The molecule has 2 N–H and O–H groups in total. The van der Waals surface area contributed by atoms with E-state index in [2.05, 4.69) is 4.72 Å². The van der Waals surface area contributed by atoms with Crippen LogP contribution in [0.2, 0.25) is 0 Å². The van der Waals surface area contributed by atoms with Gasteiger partial charge in [0.25, 0.3) is 5.69 Å². The standard InChI is InChI=1S/C12H18N2O5S/c1-8(7-15)6-13-20(18,19)12-5-10(3)9(2)4-11(12)14(16)17/h4-5,8,13,15H,6-7H2,1-3H3. The van der Waals surface area contributed by atoms with E-state index in [4.69, 9.17) is 5.11 Å². The third-order valence-electron chi connectivity index (χ3n) is 2.99. The van der Waals surface area contributed by atoms with E-state index in [1.54, 1.807) is 20.8 Å². The molecule has 112 valence electrons. The second-order valence-electron chi connectivity index (χ2n) is 4.80. The molecule has 20 heavy (non-hydrogen) atoms. The summed E-state index contributed by atoms with van der Waals surface area (Å²) in [7, 11) is -3.98. The van der Waals surface area contributed by atoms with E-state index in [1.165, 1.54) is 12.1 Å². The third kappa shape index (κ3) is 3.75. The Morgan fingerprint density at radius 2 is 1.90 bits per heavy atom. The van der Waals surface area contributed by atoms with Gasteiger partial charge in [0, 0.05) is 19.2 Å². The largest absolute Gasteiger partial charge is 0.396 e. The highest BCUT2D eigenvalue weighted by atomic mass is 32.2. The average Bonchev–Trinajstić information content (AvgIpc) is 2.38. The van der Waals surface area contributed by atoms with E-state index in [1.807, 2.05) is 0 Å². The van der Waals surface area contributed by atoms with E-state index in [9.17, 15) is 18.5 Å². The highest BCUT2D eigenvalue weighted by Gasteiger charge is 2.26. The first-order chi connectivity index (χ1) is 9.19. The van der Waals surface area contributed by atoms with Gasteiger partial charge in [-0.2, -0.15) is 0 Å². The van der Waals surface area contributed by atoms with E-state index >= 15 is 0 Å². The molecule has 1 aromatic rings. The summed E-state index contributed by atoms with van der Waals surface area (Å²) in [5, 5.41) is 19.9. The summed E-state index contributed by atoms with van der Waals surface area (Å²) in [6, 6.07) is 2.54. The van der Waals surface area contributed by atoms with Crippen LogP contribution in [0.25, 0.3) is 0 Å². The number of nitro benzene ring substituents is 1. The number of nitrogens with one attached hydrogen (secondary N) is 1. The minimum atomic E-state index is -3.98. The van der Waals surface area contributed by atoms with Crippen molar-refractivity contribution in [1.82, 2.24) is 4.72 Å². The van der Waals surface area contributed by atoms with Crippen molar-refractivity contribution in [1.29, 1.82) is 0 Å². The molecule has 0 bridgehead atoms. The number of rotatable bonds is 6. The number of aryl methyl sites for hydroxylation is 2. The second-order valence-corrected chi connectivity index (χ2v) is 6.54. The average molecular weight is 302 g/mol. The molecule has 0 fully saturated rings. The zero-order valence-electron chi connectivity index (χ0n) is 11.6. The van der Waals surface area contributed by atoms with Crippen molar-refractivity contribution in [3.8, 4) is 0 Å². The van der Waals surface area contributed by atoms with Gasteiger partial charge >= 0.3 is 0 Å². The zero-order valence-corrected chi connectivity index (χ0v) is 12.4. The monoisotopic (exact) mass is 302 g/mol. The van der Waals surface area contributed by atoms with Crippen LogP contribution in [-0.4, -0.2) is 31.6 Å². The fourth-order valence-electron chi connectivity index (χ4n) is 1.53. The van der Waals surface area contributed by atoms with Gasteiger partial charge < -0.3 is 5.11 Å². The lowest BCUT2D eigenvalue weighted by atomic mass is 10.1. The van der Waals surface area contributed by atoms with Crippen LogP contribution in [0.5, 0.6) is 0 Å². The lowest BCUT2D eigenvalue weighted by molar-refractivity contribution is -0.387. The van der Waals surface area contributed by atoms with Gasteiger partial charge in [0.05, 0.1) is 4.92 Å². The summed E-state index contributed by atoms with van der Waals surface area (Å²) >= 11 is 0. The number of nitrogens with zero attached hydrogens (tertiary/aromatic N) is 1. The van der Waals surface area contributed by atoms with Crippen LogP contribution in [0.4, 0.5) is 5.69 Å². The van der Waals surface area contributed by atoms with Crippen molar-refractivity contribution in [2.24, 2.45) is 5.92 Å². The van der Waals surface area contributed by atoms with Crippen LogP contribution in [-0.2, 0) is 10.0 Å². The molecule has 0 aliphatic heterocycles. The van der Waals surface area contributed by atoms with Gasteiger partial charge in [0.15, 0.2) is 4.90 Å². The highest BCUT2D eigenvalue weighted by molar-refractivity contribution is 7.89. The fraction of sp³-hybridized carbons (Fsp3) is 0.500. The number of benzene rings is 1. The molecule has 1 unspecified atom stereocenters. The quantitative estimate of drug-likeness (QED) is 0.604. The maximum Gasteiger partial charge on any atom is 0.289 e. The lowest BCUT2D eigenvalue weighted by Gasteiger charge is -2.12. The zero-order chi connectivity index (χ0) is 15.5. The first kappa shape index (κ1) is 16.5. The fourth-order valence-corrected chi connectivity index (χ4v) is 2.93. The number of hydrogen-bond donors (Lipinski definition) is 2.